The zero-order valence-corrected chi connectivity index (χ0v) is 32.6. The Morgan fingerprint density at radius 3 is 2.64 bits per heavy atom. The number of methoxy groups -OCH3 is 2. The fourth-order valence-corrected chi connectivity index (χ4v) is 7.25. The van der Waals surface area contributed by atoms with E-state index >= 15 is 0 Å². The van der Waals surface area contributed by atoms with Gasteiger partial charge in [0.1, 0.15) is 11.4 Å². The number of ether oxygens (including phenoxy) is 4. The van der Waals surface area contributed by atoms with E-state index in [0.717, 1.165) is 33.9 Å². The van der Waals surface area contributed by atoms with Crippen LogP contribution in [-0.4, -0.2) is 79.3 Å². The van der Waals surface area contributed by atoms with Gasteiger partial charge in [-0.05, 0) is 115 Å². The maximum atomic E-state index is 13.0. The summed E-state index contributed by atoms with van der Waals surface area (Å²) in [6, 6.07) is 9.75. The van der Waals surface area contributed by atoms with Crippen LogP contribution in [0.15, 0.2) is 80.3 Å². The third kappa shape index (κ3) is 9.68. The monoisotopic (exact) mass is 785 g/mol. The van der Waals surface area contributed by atoms with Gasteiger partial charge in [-0.2, -0.15) is 0 Å². The van der Waals surface area contributed by atoms with Crippen molar-refractivity contribution in [1.82, 2.24) is 9.21 Å². The van der Waals surface area contributed by atoms with E-state index < -0.39 is 5.60 Å². The Hall–Kier alpha value is -3.85. The predicted octanol–water partition coefficient (Wildman–Crippen LogP) is 7.10. The second-order valence-corrected chi connectivity index (χ2v) is 14.9. The van der Waals surface area contributed by atoms with Gasteiger partial charge in [-0.25, -0.2) is 9.79 Å². The second-order valence-electron chi connectivity index (χ2n) is 12.6. The number of anilines is 1. The predicted molar refractivity (Wildman–Crippen MR) is 205 cm³/mol. The first-order valence-electron chi connectivity index (χ1n) is 16.0. The molecule has 2 aromatic carbocycles. The largest absolute Gasteiger partial charge is 0.496 e. The molecular formula is C36H44BrN5O6S2. The first kappa shape index (κ1) is 38.9. The van der Waals surface area contributed by atoms with Crippen LogP contribution in [0.3, 0.4) is 0 Å². The van der Waals surface area contributed by atoms with Crippen molar-refractivity contribution in [1.29, 1.82) is 0 Å². The smallest absolute Gasteiger partial charge is 0.410 e. The number of fused-ring (bicyclic) bond motifs is 1. The molecule has 0 bridgehead atoms. The van der Waals surface area contributed by atoms with E-state index in [1.807, 2.05) is 69.2 Å². The summed E-state index contributed by atoms with van der Waals surface area (Å²) in [5.41, 5.74) is 9.90. The molecule has 2 atom stereocenters. The molecule has 1 amide bonds. The molecule has 2 aromatic rings. The number of hydrogen-bond donors (Lipinski definition) is 1. The molecule has 4 rings (SSSR count). The van der Waals surface area contributed by atoms with E-state index in [0.29, 0.717) is 48.2 Å². The van der Waals surface area contributed by atoms with Gasteiger partial charge in [-0.15, -0.1) is 0 Å². The maximum absolute atomic E-state index is 13.0. The van der Waals surface area contributed by atoms with Gasteiger partial charge in [0.05, 0.1) is 37.8 Å². The summed E-state index contributed by atoms with van der Waals surface area (Å²) in [4.78, 5) is 33.4. The highest BCUT2D eigenvalue weighted by molar-refractivity contribution is 9.10. The van der Waals surface area contributed by atoms with Gasteiger partial charge in [0.2, 0.25) is 5.11 Å². The zero-order chi connectivity index (χ0) is 36.6. The number of thiocarbonyl (C=S) groups is 1. The molecule has 50 heavy (non-hydrogen) atoms. The number of amides is 1. The van der Waals surface area contributed by atoms with Gasteiger partial charge in [-0.1, -0.05) is 30.4 Å². The highest BCUT2D eigenvalue weighted by Crippen LogP contribution is 2.43. The highest BCUT2D eigenvalue weighted by atomic mass is 79.9. The van der Waals surface area contributed by atoms with E-state index in [1.54, 1.807) is 29.5 Å². The van der Waals surface area contributed by atoms with E-state index in [1.165, 1.54) is 17.5 Å². The first-order chi connectivity index (χ1) is 23.8. The van der Waals surface area contributed by atoms with Crippen LogP contribution < -0.4 is 15.4 Å². The standard InChI is InChI=1S/C36H44BrN5O6S2/c1-23(27-10-8-9-24-15-16-41(20-28(24)27)35(44)48-36(2,3)4)40(5)30-17-29(37)33(18-32(30)47-22-43)50-42(34(49)39-21-38)19-25-11-12-26(45-6)13-14-31(25)46-7/h8-14,17-18,21-23,26H,15-16,19-20H2,1-7H3,(H2,38,39,49). The van der Waals surface area contributed by atoms with E-state index in [4.69, 9.17) is 36.9 Å². The molecular weight excluding hydrogens is 742 g/mol. The Morgan fingerprint density at radius 2 is 1.98 bits per heavy atom. The van der Waals surface area contributed by atoms with Gasteiger partial charge in [-0.3, -0.25) is 9.10 Å². The Morgan fingerprint density at radius 1 is 1.24 bits per heavy atom. The van der Waals surface area contributed by atoms with E-state index in [9.17, 15) is 9.59 Å². The van der Waals surface area contributed by atoms with E-state index in [2.05, 4.69) is 40.0 Å². The molecule has 0 fully saturated rings. The van der Waals surface area contributed by atoms with Crippen molar-refractivity contribution in [2.45, 2.75) is 63.3 Å². The summed E-state index contributed by atoms with van der Waals surface area (Å²) >= 11 is 10.7. The molecule has 0 radical (unpaired) electrons. The van der Waals surface area contributed by atoms with Crippen LogP contribution in [0.25, 0.3) is 0 Å². The van der Waals surface area contributed by atoms with Crippen LogP contribution in [0.2, 0.25) is 0 Å². The fourth-order valence-electron chi connectivity index (χ4n) is 5.59. The third-order valence-corrected chi connectivity index (χ3v) is 10.6. The lowest BCUT2D eigenvalue weighted by Crippen LogP contribution is -2.40. The Labute approximate surface area is 312 Å². The lowest BCUT2D eigenvalue weighted by molar-refractivity contribution is -0.120. The van der Waals surface area contributed by atoms with Crippen molar-refractivity contribution in [2.75, 3.05) is 39.3 Å². The normalized spacial score (nSPS) is 16.5. The summed E-state index contributed by atoms with van der Waals surface area (Å²) in [7, 11) is 5.18. The summed E-state index contributed by atoms with van der Waals surface area (Å²) in [5, 5.41) is 0.235. The number of allylic oxidation sites excluding steroid dienone is 1. The van der Waals surface area contributed by atoms with Gasteiger partial charge < -0.3 is 34.5 Å². The van der Waals surface area contributed by atoms with Gasteiger partial charge >= 0.3 is 6.09 Å². The molecule has 0 saturated carbocycles. The average molecular weight is 787 g/mol. The van der Waals surface area contributed by atoms with Crippen molar-refractivity contribution < 1.29 is 28.5 Å². The van der Waals surface area contributed by atoms with Crippen LogP contribution in [0.5, 0.6) is 5.75 Å². The summed E-state index contributed by atoms with van der Waals surface area (Å²) in [6.45, 7) is 9.43. The molecule has 11 nitrogen and oxygen atoms in total. The minimum absolute atomic E-state index is 0.156. The van der Waals surface area contributed by atoms with Gasteiger partial charge in [0, 0.05) is 42.2 Å². The number of halogens is 1. The molecule has 0 aromatic heterocycles. The lowest BCUT2D eigenvalue weighted by atomic mass is 9.91. The molecule has 268 valence electrons. The average Bonchev–Trinajstić information content (AvgIpc) is 3.28. The minimum atomic E-state index is -0.585. The van der Waals surface area contributed by atoms with Crippen molar-refractivity contribution >= 4 is 69.8 Å². The summed E-state index contributed by atoms with van der Waals surface area (Å²) in [5.74, 6) is 1.00. The number of hydrogen-bond acceptors (Lipinski definition) is 9. The highest BCUT2D eigenvalue weighted by Gasteiger charge is 2.29. The zero-order valence-electron chi connectivity index (χ0n) is 29.3. The quantitative estimate of drug-likeness (QED) is 0.0827. The lowest BCUT2D eigenvalue weighted by Gasteiger charge is -2.35. The third-order valence-electron chi connectivity index (χ3n) is 8.21. The fraction of sp³-hybridized carbons (Fsp3) is 0.389. The maximum Gasteiger partial charge on any atom is 0.410 e. The van der Waals surface area contributed by atoms with Crippen molar-refractivity contribution in [3.63, 3.8) is 0 Å². The first-order valence-corrected chi connectivity index (χ1v) is 17.9. The summed E-state index contributed by atoms with van der Waals surface area (Å²) < 4.78 is 24.9. The number of carbonyl (C=O) groups excluding carboxylic acids is 2. The Bertz CT molecular complexity index is 1710. The Kier molecular flexibility index (Phi) is 13.5. The number of carbonyl (C=O) groups is 2. The van der Waals surface area contributed by atoms with Gasteiger partial charge in [0.15, 0.2) is 5.75 Å². The number of nitrogens with zero attached hydrogens (tertiary/aromatic N) is 4. The molecule has 2 N–H and O–H groups in total. The topological polar surface area (TPSA) is 119 Å². The Balaban J connectivity index is 1.65. The van der Waals surface area contributed by atoms with E-state index in [-0.39, 0.29) is 23.4 Å². The molecule has 1 heterocycles. The minimum Gasteiger partial charge on any atom is -0.496 e. The number of rotatable bonds is 11. The van der Waals surface area contributed by atoms with Crippen LogP contribution in [-0.2, 0) is 32.0 Å². The molecule has 1 aliphatic heterocycles. The van der Waals surface area contributed by atoms with Crippen LogP contribution in [0.4, 0.5) is 10.5 Å². The number of nitrogens with two attached hydrogens (primary N) is 1. The molecule has 2 aliphatic rings. The molecule has 1 aliphatic carbocycles. The molecule has 2 unspecified atom stereocenters. The van der Waals surface area contributed by atoms with Crippen LogP contribution in [0.1, 0.15) is 50.4 Å². The molecule has 0 spiro atoms. The van der Waals surface area contributed by atoms with Crippen molar-refractivity contribution in [2.24, 2.45) is 10.7 Å². The SMILES string of the molecule is COC1=C(CN(Sc2cc(OC=O)c(N(C)C(C)c3cccc4c3CN(C(=O)OC(C)(C)C)CC4)cc2Br)C(=S)/N=C\N)C=CC(OC)C=C1. The molecule has 14 heteroatoms. The number of aliphatic imine (C=N–C) groups is 1. The van der Waals surface area contributed by atoms with Crippen LogP contribution >= 0.6 is 40.1 Å². The summed E-state index contributed by atoms with van der Waals surface area (Å²) in [6.07, 6.45) is 8.95. The van der Waals surface area contributed by atoms with Gasteiger partial charge in [0.25, 0.3) is 6.47 Å². The second kappa shape index (κ2) is 17.4. The van der Waals surface area contributed by atoms with Crippen molar-refractivity contribution in [3.05, 3.63) is 87.1 Å². The van der Waals surface area contributed by atoms with Crippen LogP contribution in [0, 0.1) is 0 Å². The van der Waals surface area contributed by atoms with Crippen molar-refractivity contribution in [3.8, 4) is 5.75 Å². The number of benzene rings is 2. The molecule has 0 saturated heterocycles.